The summed E-state index contributed by atoms with van der Waals surface area (Å²) in [5.74, 6) is 0.813. The van der Waals surface area contributed by atoms with Crippen LogP contribution in [0, 0.1) is 0 Å². The Balaban J connectivity index is 1.79. The van der Waals surface area contributed by atoms with Gasteiger partial charge in [-0.05, 0) is 18.1 Å². The SMILES string of the molecule is COC(=O)c1ncn(CC2CCOc3ccccc32)n1. The molecule has 6 heteroatoms. The van der Waals surface area contributed by atoms with Crippen LogP contribution >= 0.6 is 0 Å². The fraction of sp³-hybridized carbons (Fsp3) is 0.357. The van der Waals surface area contributed by atoms with Crippen LogP contribution in [0.4, 0.5) is 0 Å². The average molecular weight is 273 g/mol. The molecule has 0 saturated carbocycles. The molecule has 104 valence electrons. The highest BCUT2D eigenvalue weighted by Crippen LogP contribution is 2.34. The molecular weight excluding hydrogens is 258 g/mol. The highest BCUT2D eigenvalue weighted by atomic mass is 16.5. The van der Waals surface area contributed by atoms with Gasteiger partial charge in [0, 0.05) is 12.5 Å². The van der Waals surface area contributed by atoms with E-state index in [1.165, 1.54) is 12.7 Å². The lowest BCUT2D eigenvalue weighted by Gasteiger charge is -2.25. The van der Waals surface area contributed by atoms with Crippen molar-refractivity contribution in [2.24, 2.45) is 0 Å². The Morgan fingerprint density at radius 3 is 3.20 bits per heavy atom. The second-order valence-electron chi connectivity index (χ2n) is 4.65. The van der Waals surface area contributed by atoms with E-state index in [0.717, 1.165) is 12.2 Å². The third-order valence-corrected chi connectivity index (χ3v) is 3.39. The molecule has 6 nitrogen and oxygen atoms in total. The molecule has 1 aromatic heterocycles. The number of methoxy groups -OCH3 is 1. The smallest absolute Gasteiger partial charge is 0.377 e. The van der Waals surface area contributed by atoms with E-state index in [2.05, 4.69) is 20.9 Å². The topological polar surface area (TPSA) is 66.2 Å². The van der Waals surface area contributed by atoms with E-state index in [-0.39, 0.29) is 5.82 Å². The van der Waals surface area contributed by atoms with Crippen LogP contribution < -0.4 is 4.74 Å². The van der Waals surface area contributed by atoms with Gasteiger partial charge in [0.25, 0.3) is 5.82 Å². The van der Waals surface area contributed by atoms with Crippen molar-refractivity contribution >= 4 is 5.97 Å². The molecule has 1 aliphatic heterocycles. The van der Waals surface area contributed by atoms with E-state index < -0.39 is 5.97 Å². The second kappa shape index (κ2) is 5.32. The van der Waals surface area contributed by atoms with Crippen molar-refractivity contribution in [2.45, 2.75) is 18.9 Å². The average Bonchev–Trinajstić information content (AvgIpc) is 2.95. The standard InChI is InChI=1S/C14H15N3O3/c1-19-14(18)13-15-9-17(16-13)8-10-6-7-20-12-5-3-2-4-11(10)12/h2-5,9-10H,6-8H2,1H3. The number of carbonyl (C=O) groups excluding carboxylic acids is 1. The highest BCUT2D eigenvalue weighted by Gasteiger charge is 2.22. The normalized spacial score (nSPS) is 17.1. The van der Waals surface area contributed by atoms with Crippen molar-refractivity contribution in [1.82, 2.24) is 14.8 Å². The molecule has 3 rings (SSSR count). The lowest BCUT2D eigenvalue weighted by atomic mass is 9.93. The number of para-hydroxylation sites is 1. The maximum Gasteiger partial charge on any atom is 0.377 e. The largest absolute Gasteiger partial charge is 0.493 e. The maximum absolute atomic E-state index is 11.3. The number of hydrogen-bond donors (Lipinski definition) is 0. The van der Waals surface area contributed by atoms with Gasteiger partial charge in [-0.25, -0.2) is 9.78 Å². The monoisotopic (exact) mass is 273 g/mol. The molecule has 1 aliphatic rings. The van der Waals surface area contributed by atoms with E-state index >= 15 is 0 Å². The first kappa shape index (κ1) is 12.7. The minimum Gasteiger partial charge on any atom is -0.493 e. The van der Waals surface area contributed by atoms with Gasteiger partial charge in [0.1, 0.15) is 12.1 Å². The Morgan fingerprint density at radius 1 is 1.50 bits per heavy atom. The molecule has 0 bridgehead atoms. The van der Waals surface area contributed by atoms with Crippen LogP contribution in [0.1, 0.15) is 28.5 Å². The van der Waals surface area contributed by atoms with Crippen molar-refractivity contribution < 1.29 is 14.3 Å². The van der Waals surface area contributed by atoms with Crippen LogP contribution in [-0.4, -0.2) is 34.5 Å². The van der Waals surface area contributed by atoms with Crippen molar-refractivity contribution in [1.29, 1.82) is 0 Å². The molecule has 0 spiro atoms. The molecule has 0 radical (unpaired) electrons. The molecule has 20 heavy (non-hydrogen) atoms. The van der Waals surface area contributed by atoms with Crippen LogP contribution in [-0.2, 0) is 11.3 Å². The molecule has 0 saturated heterocycles. The zero-order chi connectivity index (χ0) is 13.9. The van der Waals surface area contributed by atoms with Crippen molar-refractivity contribution in [3.63, 3.8) is 0 Å². The van der Waals surface area contributed by atoms with Gasteiger partial charge in [0.05, 0.1) is 13.7 Å². The van der Waals surface area contributed by atoms with Gasteiger partial charge < -0.3 is 9.47 Å². The number of esters is 1. The van der Waals surface area contributed by atoms with Crippen molar-refractivity contribution in [2.75, 3.05) is 13.7 Å². The number of carbonyl (C=O) groups is 1. The maximum atomic E-state index is 11.3. The number of rotatable bonds is 3. The molecule has 0 amide bonds. The Labute approximate surface area is 116 Å². The van der Waals surface area contributed by atoms with Crippen LogP contribution in [0.5, 0.6) is 5.75 Å². The minimum atomic E-state index is -0.517. The fourth-order valence-corrected chi connectivity index (χ4v) is 2.40. The van der Waals surface area contributed by atoms with E-state index in [0.29, 0.717) is 19.1 Å². The summed E-state index contributed by atoms with van der Waals surface area (Å²) in [6.07, 6.45) is 2.48. The minimum absolute atomic E-state index is 0.0906. The molecular formula is C14H15N3O3. The molecule has 1 aromatic carbocycles. The molecule has 1 atom stereocenters. The number of hydrogen-bond acceptors (Lipinski definition) is 5. The number of ether oxygens (including phenoxy) is 2. The lowest BCUT2D eigenvalue weighted by Crippen LogP contribution is -2.19. The molecule has 2 aromatic rings. The van der Waals surface area contributed by atoms with E-state index in [4.69, 9.17) is 4.74 Å². The first-order chi connectivity index (χ1) is 9.78. The fourth-order valence-electron chi connectivity index (χ4n) is 2.40. The summed E-state index contributed by atoms with van der Waals surface area (Å²) >= 11 is 0. The summed E-state index contributed by atoms with van der Waals surface area (Å²) in [6.45, 7) is 1.37. The molecule has 0 fully saturated rings. The quantitative estimate of drug-likeness (QED) is 0.795. The van der Waals surface area contributed by atoms with Gasteiger partial charge >= 0.3 is 5.97 Å². The Kier molecular flexibility index (Phi) is 3.37. The molecule has 0 aliphatic carbocycles. The Morgan fingerprint density at radius 2 is 2.35 bits per heavy atom. The van der Waals surface area contributed by atoms with Crippen LogP contribution in [0.2, 0.25) is 0 Å². The predicted octanol–water partition coefficient (Wildman–Crippen LogP) is 1.63. The summed E-state index contributed by atoms with van der Waals surface area (Å²) in [5, 5.41) is 4.14. The molecule has 2 heterocycles. The highest BCUT2D eigenvalue weighted by molar-refractivity contribution is 5.84. The Hall–Kier alpha value is -2.37. The van der Waals surface area contributed by atoms with Gasteiger partial charge in [-0.3, -0.25) is 4.68 Å². The summed E-state index contributed by atoms with van der Waals surface area (Å²) in [4.78, 5) is 15.3. The Bertz CT molecular complexity index is 624. The van der Waals surface area contributed by atoms with Gasteiger partial charge in [0.2, 0.25) is 0 Å². The van der Waals surface area contributed by atoms with Gasteiger partial charge in [-0.2, -0.15) is 0 Å². The van der Waals surface area contributed by atoms with E-state index in [1.807, 2.05) is 18.2 Å². The summed E-state index contributed by atoms with van der Waals surface area (Å²) in [7, 11) is 1.32. The summed E-state index contributed by atoms with van der Waals surface area (Å²) < 4.78 is 11.9. The third-order valence-electron chi connectivity index (χ3n) is 3.39. The van der Waals surface area contributed by atoms with Crippen LogP contribution in [0.25, 0.3) is 0 Å². The number of benzene rings is 1. The molecule has 0 N–H and O–H groups in total. The first-order valence-electron chi connectivity index (χ1n) is 6.47. The number of nitrogens with zero attached hydrogens (tertiary/aromatic N) is 3. The first-order valence-corrected chi connectivity index (χ1v) is 6.47. The summed E-state index contributed by atoms with van der Waals surface area (Å²) in [6, 6.07) is 8.01. The third kappa shape index (κ3) is 2.36. The zero-order valence-corrected chi connectivity index (χ0v) is 11.2. The van der Waals surface area contributed by atoms with E-state index in [9.17, 15) is 4.79 Å². The van der Waals surface area contributed by atoms with Crippen LogP contribution in [0.15, 0.2) is 30.6 Å². The van der Waals surface area contributed by atoms with Crippen molar-refractivity contribution in [3.8, 4) is 5.75 Å². The second-order valence-corrected chi connectivity index (χ2v) is 4.65. The van der Waals surface area contributed by atoms with E-state index in [1.54, 1.807) is 11.0 Å². The summed E-state index contributed by atoms with van der Waals surface area (Å²) in [5.41, 5.74) is 1.17. The van der Waals surface area contributed by atoms with Gasteiger partial charge in [0.15, 0.2) is 0 Å². The van der Waals surface area contributed by atoms with Gasteiger partial charge in [-0.15, -0.1) is 5.10 Å². The molecule has 1 unspecified atom stereocenters. The lowest BCUT2D eigenvalue weighted by molar-refractivity contribution is 0.0586. The van der Waals surface area contributed by atoms with Crippen LogP contribution in [0.3, 0.4) is 0 Å². The number of aromatic nitrogens is 3. The van der Waals surface area contributed by atoms with Gasteiger partial charge in [-0.1, -0.05) is 18.2 Å². The predicted molar refractivity (Wildman–Crippen MR) is 70.7 cm³/mol. The number of fused-ring (bicyclic) bond motifs is 1. The zero-order valence-electron chi connectivity index (χ0n) is 11.2. The van der Waals surface area contributed by atoms with Crippen molar-refractivity contribution in [3.05, 3.63) is 42.0 Å².